The lowest BCUT2D eigenvalue weighted by Crippen LogP contribution is -2.07. The van der Waals surface area contributed by atoms with Crippen LogP contribution in [0.3, 0.4) is 0 Å². The Bertz CT molecular complexity index is 557. The molecule has 0 fully saturated rings. The van der Waals surface area contributed by atoms with Gasteiger partial charge in [-0.25, -0.2) is 4.98 Å². The van der Waals surface area contributed by atoms with Crippen LogP contribution in [-0.4, -0.2) is 17.5 Å². The third kappa shape index (κ3) is 2.67. The van der Waals surface area contributed by atoms with Crippen molar-refractivity contribution in [2.75, 3.05) is 12.5 Å². The Morgan fingerprint density at radius 3 is 2.61 bits per heavy atom. The molecule has 0 saturated heterocycles. The molecule has 0 amide bonds. The molecule has 0 spiro atoms. The van der Waals surface area contributed by atoms with Crippen LogP contribution in [0, 0.1) is 0 Å². The predicted molar refractivity (Wildman–Crippen MR) is 63.0 cm³/mol. The Kier molecular flexibility index (Phi) is 3.61. The Morgan fingerprint density at radius 2 is 1.94 bits per heavy atom. The van der Waals surface area contributed by atoms with E-state index in [1.54, 1.807) is 12.1 Å². The van der Waals surface area contributed by atoms with Crippen LogP contribution in [0.5, 0.6) is 5.88 Å². The van der Waals surface area contributed by atoms with Crippen LogP contribution in [-0.2, 0) is 6.18 Å². The lowest BCUT2D eigenvalue weighted by Gasteiger charge is -2.10. The van der Waals surface area contributed by atoms with E-state index in [-0.39, 0.29) is 23.9 Å². The van der Waals surface area contributed by atoms with E-state index in [4.69, 9.17) is 16.3 Å². The number of pyridine rings is 1. The van der Waals surface area contributed by atoms with Gasteiger partial charge in [-0.3, -0.25) is 0 Å². The van der Waals surface area contributed by atoms with Gasteiger partial charge >= 0.3 is 6.18 Å². The summed E-state index contributed by atoms with van der Waals surface area (Å²) in [6.45, 7) is 0.203. The van der Waals surface area contributed by atoms with Gasteiger partial charge in [-0.1, -0.05) is 12.1 Å². The van der Waals surface area contributed by atoms with Crippen molar-refractivity contribution in [1.29, 1.82) is 0 Å². The molecule has 0 N–H and O–H groups in total. The first-order chi connectivity index (χ1) is 8.52. The van der Waals surface area contributed by atoms with E-state index in [9.17, 15) is 13.2 Å². The molecule has 96 valence electrons. The minimum absolute atomic E-state index is 0.114. The predicted octanol–water partition coefficient (Wildman–Crippen LogP) is 3.87. The minimum Gasteiger partial charge on any atom is -0.476 e. The maximum absolute atomic E-state index is 12.8. The summed E-state index contributed by atoms with van der Waals surface area (Å²) in [5.74, 6) is 0.389. The second-order valence-corrected chi connectivity index (χ2v) is 3.94. The number of benzene rings is 1. The van der Waals surface area contributed by atoms with Crippen molar-refractivity contribution in [3.8, 4) is 5.88 Å². The first-order valence-corrected chi connectivity index (χ1v) is 5.71. The Hall–Kier alpha value is -1.49. The Labute approximate surface area is 106 Å². The summed E-state index contributed by atoms with van der Waals surface area (Å²) in [6, 6.07) is 6.99. The first kappa shape index (κ1) is 13.0. The normalized spacial score (nSPS) is 11.8. The highest BCUT2D eigenvalue weighted by atomic mass is 35.5. The third-order valence-electron chi connectivity index (χ3n) is 2.33. The van der Waals surface area contributed by atoms with Gasteiger partial charge in [0, 0.05) is 11.5 Å². The highest BCUT2D eigenvalue weighted by Crippen LogP contribution is 2.34. The number of aromatic nitrogens is 1. The number of ether oxygens (including phenoxy) is 1. The third-order valence-corrected chi connectivity index (χ3v) is 2.48. The number of halogens is 4. The monoisotopic (exact) mass is 275 g/mol. The van der Waals surface area contributed by atoms with Crippen LogP contribution in [0.2, 0.25) is 0 Å². The molecule has 0 radical (unpaired) electrons. The van der Waals surface area contributed by atoms with E-state index < -0.39 is 11.7 Å². The molecular weight excluding hydrogens is 267 g/mol. The van der Waals surface area contributed by atoms with Crippen LogP contribution in [0.15, 0.2) is 30.3 Å². The molecule has 0 saturated carbocycles. The van der Waals surface area contributed by atoms with Crippen LogP contribution in [0.4, 0.5) is 13.2 Å². The van der Waals surface area contributed by atoms with Crippen LogP contribution < -0.4 is 4.74 Å². The number of alkyl halides is 4. The standard InChI is InChI=1S/C12H9ClF3NO/c13-6-7-18-10-5-4-8-2-1-3-9(11(8)17-10)12(14,15)16/h1-5H,6-7H2. The van der Waals surface area contributed by atoms with Crippen molar-refractivity contribution in [3.63, 3.8) is 0 Å². The molecule has 18 heavy (non-hydrogen) atoms. The molecule has 1 aromatic heterocycles. The molecule has 0 atom stereocenters. The van der Waals surface area contributed by atoms with E-state index in [0.717, 1.165) is 6.07 Å². The molecule has 2 aromatic rings. The van der Waals surface area contributed by atoms with Crippen molar-refractivity contribution in [1.82, 2.24) is 4.98 Å². The van der Waals surface area contributed by atoms with E-state index >= 15 is 0 Å². The molecule has 0 aliphatic heterocycles. The van der Waals surface area contributed by atoms with Crippen molar-refractivity contribution < 1.29 is 17.9 Å². The zero-order valence-corrected chi connectivity index (χ0v) is 9.92. The molecule has 1 heterocycles. The van der Waals surface area contributed by atoms with Crippen molar-refractivity contribution >= 4 is 22.5 Å². The van der Waals surface area contributed by atoms with Gasteiger partial charge in [-0.2, -0.15) is 13.2 Å². The topological polar surface area (TPSA) is 22.1 Å². The van der Waals surface area contributed by atoms with Crippen LogP contribution >= 0.6 is 11.6 Å². The van der Waals surface area contributed by atoms with E-state index in [2.05, 4.69) is 4.98 Å². The van der Waals surface area contributed by atoms with E-state index in [1.807, 2.05) is 0 Å². The lowest BCUT2D eigenvalue weighted by molar-refractivity contribution is -0.136. The van der Waals surface area contributed by atoms with Gasteiger partial charge in [0.15, 0.2) is 0 Å². The number of hydrogen-bond donors (Lipinski definition) is 0. The smallest absolute Gasteiger partial charge is 0.418 e. The largest absolute Gasteiger partial charge is 0.476 e. The second-order valence-electron chi connectivity index (χ2n) is 3.56. The number of nitrogens with zero attached hydrogens (tertiary/aromatic N) is 1. The minimum atomic E-state index is -4.43. The molecule has 6 heteroatoms. The summed E-state index contributed by atoms with van der Waals surface area (Å²) in [6.07, 6.45) is -4.43. The summed E-state index contributed by atoms with van der Waals surface area (Å²) in [5, 5.41) is 0.419. The summed E-state index contributed by atoms with van der Waals surface area (Å²) >= 11 is 5.44. The van der Waals surface area contributed by atoms with Gasteiger partial charge in [0.05, 0.1) is 17.0 Å². The lowest BCUT2D eigenvalue weighted by atomic mass is 10.1. The van der Waals surface area contributed by atoms with Gasteiger partial charge in [-0.15, -0.1) is 11.6 Å². The highest BCUT2D eigenvalue weighted by molar-refractivity contribution is 6.18. The average molecular weight is 276 g/mol. The van der Waals surface area contributed by atoms with Gasteiger partial charge in [-0.05, 0) is 12.1 Å². The summed E-state index contributed by atoms with van der Waals surface area (Å²) in [5.41, 5.74) is -0.881. The summed E-state index contributed by atoms with van der Waals surface area (Å²) < 4.78 is 43.5. The Balaban J connectivity index is 2.52. The van der Waals surface area contributed by atoms with Crippen molar-refractivity contribution in [2.24, 2.45) is 0 Å². The second kappa shape index (κ2) is 5.02. The molecule has 0 bridgehead atoms. The fourth-order valence-electron chi connectivity index (χ4n) is 1.58. The average Bonchev–Trinajstić information content (AvgIpc) is 2.34. The Morgan fingerprint density at radius 1 is 1.17 bits per heavy atom. The van der Waals surface area contributed by atoms with Crippen molar-refractivity contribution in [3.05, 3.63) is 35.9 Å². The quantitative estimate of drug-likeness (QED) is 0.793. The number of fused-ring (bicyclic) bond motifs is 1. The van der Waals surface area contributed by atoms with Crippen LogP contribution in [0.25, 0.3) is 10.9 Å². The molecular formula is C12H9ClF3NO. The number of hydrogen-bond acceptors (Lipinski definition) is 2. The first-order valence-electron chi connectivity index (χ1n) is 5.18. The fraction of sp³-hybridized carbons (Fsp3) is 0.250. The van der Waals surface area contributed by atoms with Gasteiger partial charge in [0.2, 0.25) is 5.88 Å². The van der Waals surface area contributed by atoms with Gasteiger partial charge in [0.1, 0.15) is 6.61 Å². The number of para-hydroxylation sites is 1. The van der Waals surface area contributed by atoms with Crippen LogP contribution in [0.1, 0.15) is 5.56 Å². The van der Waals surface area contributed by atoms with Gasteiger partial charge in [0.25, 0.3) is 0 Å². The zero-order valence-electron chi connectivity index (χ0n) is 9.17. The SMILES string of the molecule is FC(F)(F)c1cccc2ccc(OCCCl)nc12. The van der Waals surface area contributed by atoms with E-state index in [0.29, 0.717) is 5.39 Å². The molecule has 2 rings (SSSR count). The number of rotatable bonds is 3. The highest BCUT2D eigenvalue weighted by Gasteiger charge is 2.33. The van der Waals surface area contributed by atoms with Crippen molar-refractivity contribution in [2.45, 2.75) is 6.18 Å². The molecule has 0 aliphatic rings. The van der Waals surface area contributed by atoms with E-state index in [1.165, 1.54) is 12.1 Å². The maximum Gasteiger partial charge on any atom is 0.418 e. The summed E-state index contributed by atoms with van der Waals surface area (Å²) in [7, 11) is 0. The fourth-order valence-corrected chi connectivity index (χ4v) is 1.66. The zero-order chi connectivity index (χ0) is 13.2. The molecule has 2 nitrogen and oxygen atoms in total. The maximum atomic E-state index is 12.8. The molecule has 0 aliphatic carbocycles. The summed E-state index contributed by atoms with van der Waals surface area (Å²) in [4.78, 5) is 3.88. The van der Waals surface area contributed by atoms with Gasteiger partial charge < -0.3 is 4.74 Å². The molecule has 1 aromatic carbocycles. The molecule has 0 unspecified atom stereocenters.